The van der Waals surface area contributed by atoms with E-state index in [1.54, 1.807) is 17.2 Å². The number of hydrogen-bond acceptors (Lipinski definition) is 6. The zero-order valence-electron chi connectivity index (χ0n) is 15.3. The van der Waals surface area contributed by atoms with Crippen LogP contribution in [0.3, 0.4) is 0 Å². The summed E-state index contributed by atoms with van der Waals surface area (Å²) < 4.78 is 0. The molecule has 2 aromatic heterocycles. The summed E-state index contributed by atoms with van der Waals surface area (Å²) in [5.74, 6) is -0.0647. The van der Waals surface area contributed by atoms with Crippen molar-refractivity contribution in [3.8, 4) is 0 Å². The lowest BCUT2D eigenvalue weighted by atomic mass is 9.86. The number of rotatable bonds is 5. The maximum atomic E-state index is 13.0. The first-order chi connectivity index (χ1) is 13.1. The van der Waals surface area contributed by atoms with Crippen molar-refractivity contribution in [2.45, 2.75) is 44.2 Å². The molecule has 0 radical (unpaired) electrons. The van der Waals surface area contributed by atoms with Gasteiger partial charge in [0.2, 0.25) is 5.91 Å². The summed E-state index contributed by atoms with van der Waals surface area (Å²) in [7, 11) is 0. The first kappa shape index (κ1) is 17.9. The molecule has 27 heavy (non-hydrogen) atoms. The lowest BCUT2D eigenvalue weighted by Gasteiger charge is -2.41. The molecule has 1 aliphatic carbocycles. The largest absolute Gasteiger partial charge is 0.351 e. The molecule has 0 bridgehead atoms. The van der Waals surface area contributed by atoms with Crippen molar-refractivity contribution in [3.05, 3.63) is 41.2 Å². The van der Waals surface area contributed by atoms with Crippen LogP contribution in [0.15, 0.2) is 29.8 Å². The SMILES string of the molecule is Cc1cccc(C(=O)N2CCC(Nc3nccs3)(C(=O)NC3CC3)CC2)n1. The fourth-order valence-corrected chi connectivity index (χ4v) is 3.99. The van der Waals surface area contributed by atoms with Gasteiger partial charge in [0.05, 0.1) is 0 Å². The van der Waals surface area contributed by atoms with Crippen molar-refractivity contribution in [1.82, 2.24) is 20.2 Å². The Labute approximate surface area is 162 Å². The van der Waals surface area contributed by atoms with E-state index in [9.17, 15) is 9.59 Å². The van der Waals surface area contributed by atoms with Gasteiger partial charge in [-0.2, -0.15) is 0 Å². The predicted molar refractivity (Wildman–Crippen MR) is 104 cm³/mol. The standard InChI is InChI=1S/C19H23N5O2S/c1-13-3-2-4-15(21-13)16(25)24-10-7-19(8-11-24,17(26)22-14-5-6-14)23-18-20-9-12-27-18/h2-4,9,12,14H,5-8,10-11H2,1H3,(H,20,23)(H,22,26). The number of likely N-dealkylation sites (tertiary alicyclic amines) is 1. The van der Waals surface area contributed by atoms with Gasteiger partial charge in [-0.1, -0.05) is 6.07 Å². The molecular weight excluding hydrogens is 362 g/mol. The van der Waals surface area contributed by atoms with E-state index < -0.39 is 5.54 Å². The lowest BCUT2D eigenvalue weighted by Crippen LogP contribution is -2.59. The van der Waals surface area contributed by atoms with E-state index in [2.05, 4.69) is 20.6 Å². The normalized spacial score (nSPS) is 18.8. The Bertz CT molecular complexity index is 826. The maximum Gasteiger partial charge on any atom is 0.272 e. The average Bonchev–Trinajstić information content (AvgIpc) is 3.34. The molecular formula is C19H23N5O2S. The predicted octanol–water partition coefficient (Wildman–Crippen LogP) is 2.21. The van der Waals surface area contributed by atoms with E-state index in [4.69, 9.17) is 0 Å². The molecule has 4 rings (SSSR count). The molecule has 2 aromatic rings. The van der Waals surface area contributed by atoms with Crippen molar-refractivity contribution < 1.29 is 9.59 Å². The van der Waals surface area contributed by atoms with Gasteiger partial charge in [-0.15, -0.1) is 11.3 Å². The van der Waals surface area contributed by atoms with Gasteiger partial charge in [-0.25, -0.2) is 9.97 Å². The number of hydrogen-bond donors (Lipinski definition) is 2. The summed E-state index contributed by atoms with van der Waals surface area (Å²) in [4.78, 5) is 36.1. The number of thiazole rings is 1. The molecule has 0 unspecified atom stereocenters. The second kappa shape index (κ2) is 7.26. The Morgan fingerprint density at radius 3 is 2.67 bits per heavy atom. The van der Waals surface area contributed by atoms with Gasteiger partial charge in [-0.3, -0.25) is 9.59 Å². The average molecular weight is 385 g/mol. The second-order valence-electron chi connectivity index (χ2n) is 7.25. The zero-order chi connectivity index (χ0) is 18.9. The van der Waals surface area contributed by atoms with Crippen LogP contribution in [0.25, 0.3) is 0 Å². The molecule has 3 heterocycles. The monoisotopic (exact) mass is 385 g/mol. The van der Waals surface area contributed by atoms with Gasteiger partial charge in [0.25, 0.3) is 5.91 Å². The summed E-state index contributed by atoms with van der Waals surface area (Å²) in [5.41, 5.74) is 0.552. The quantitative estimate of drug-likeness (QED) is 0.824. The number of aromatic nitrogens is 2. The van der Waals surface area contributed by atoms with Gasteiger partial charge in [0.15, 0.2) is 5.13 Å². The lowest BCUT2D eigenvalue weighted by molar-refractivity contribution is -0.127. The highest BCUT2D eigenvalue weighted by molar-refractivity contribution is 7.13. The van der Waals surface area contributed by atoms with Crippen LogP contribution in [0, 0.1) is 6.92 Å². The van der Waals surface area contributed by atoms with Gasteiger partial charge in [0.1, 0.15) is 11.2 Å². The molecule has 2 amide bonds. The molecule has 0 aromatic carbocycles. The molecule has 2 aliphatic rings. The maximum absolute atomic E-state index is 13.0. The molecule has 142 valence electrons. The van der Waals surface area contributed by atoms with Crippen LogP contribution >= 0.6 is 11.3 Å². The molecule has 1 saturated carbocycles. The first-order valence-electron chi connectivity index (χ1n) is 9.27. The molecule has 1 saturated heterocycles. The Morgan fingerprint density at radius 1 is 1.26 bits per heavy atom. The number of anilines is 1. The fourth-order valence-electron chi connectivity index (χ4n) is 3.37. The summed E-state index contributed by atoms with van der Waals surface area (Å²) >= 11 is 1.48. The minimum Gasteiger partial charge on any atom is -0.351 e. The number of pyridine rings is 1. The Balaban J connectivity index is 1.48. The number of nitrogens with one attached hydrogen (secondary N) is 2. The van der Waals surface area contributed by atoms with E-state index in [0.717, 1.165) is 23.7 Å². The number of nitrogens with zero attached hydrogens (tertiary/aromatic N) is 3. The number of amides is 2. The van der Waals surface area contributed by atoms with Gasteiger partial charge < -0.3 is 15.5 Å². The topological polar surface area (TPSA) is 87.2 Å². The van der Waals surface area contributed by atoms with E-state index in [0.29, 0.717) is 37.7 Å². The van der Waals surface area contributed by atoms with E-state index in [1.807, 2.05) is 24.4 Å². The molecule has 0 spiro atoms. The third-order valence-corrected chi connectivity index (χ3v) is 5.83. The fraction of sp³-hybridized carbons (Fsp3) is 0.474. The molecule has 7 nitrogen and oxygen atoms in total. The Hall–Kier alpha value is -2.48. The van der Waals surface area contributed by atoms with Gasteiger partial charge in [-0.05, 0) is 44.7 Å². The summed E-state index contributed by atoms with van der Waals surface area (Å²) in [6.07, 6.45) is 4.90. The van der Waals surface area contributed by atoms with Crippen LogP contribution in [0.1, 0.15) is 41.9 Å². The van der Waals surface area contributed by atoms with Crippen molar-refractivity contribution in [2.75, 3.05) is 18.4 Å². The van der Waals surface area contributed by atoms with Crippen molar-refractivity contribution in [3.63, 3.8) is 0 Å². The molecule has 0 atom stereocenters. The van der Waals surface area contributed by atoms with Crippen molar-refractivity contribution >= 4 is 28.3 Å². The third kappa shape index (κ3) is 3.95. The minimum atomic E-state index is -0.725. The van der Waals surface area contributed by atoms with Crippen LogP contribution in [-0.2, 0) is 4.79 Å². The second-order valence-corrected chi connectivity index (χ2v) is 8.14. The highest BCUT2D eigenvalue weighted by atomic mass is 32.1. The van der Waals surface area contributed by atoms with Crippen LogP contribution in [0.5, 0.6) is 0 Å². The molecule has 2 fully saturated rings. The van der Waals surface area contributed by atoms with Gasteiger partial charge in [0, 0.05) is 36.4 Å². The summed E-state index contributed by atoms with van der Waals surface area (Å²) in [6, 6.07) is 5.75. The zero-order valence-corrected chi connectivity index (χ0v) is 16.1. The number of carbonyl (C=O) groups is 2. The van der Waals surface area contributed by atoms with Crippen molar-refractivity contribution in [1.29, 1.82) is 0 Å². The minimum absolute atomic E-state index is 0.0148. The molecule has 2 N–H and O–H groups in total. The van der Waals surface area contributed by atoms with Gasteiger partial charge >= 0.3 is 0 Å². The highest BCUT2D eigenvalue weighted by Crippen LogP contribution is 2.30. The van der Waals surface area contributed by atoms with Crippen molar-refractivity contribution in [2.24, 2.45) is 0 Å². The van der Waals surface area contributed by atoms with Crippen LogP contribution < -0.4 is 10.6 Å². The highest BCUT2D eigenvalue weighted by Gasteiger charge is 2.44. The third-order valence-electron chi connectivity index (χ3n) is 5.14. The van der Waals surface area contributed by atoms with Crippen LogP contribution in [-0.4, -0.2) is 51.4 Å². The first-order valence-corrected chi connectivity index (χ1v) is 10.2. The number of aryl methyl sites for hydroxylation is 1. The van der Waals surface area contributed by atoms with E-state index in [-0.39, 0.29) is 11.8 Å². The summed E-state index contributed by atoms with van der Waals surface area (Å²) in [6.45, 7) is 2.88. The van der Waals surface area contributed by atoms with E-state index in [1.165, 1.54) is 11.3 Å². The number of piperidine rings is 1. The van der Waals surface area contributed by atoms with Crippen LogP contribution in [0.2, 0.25) is 0 Å². The number of carbonyl (C=O) groups excluding carboxylic acids is 2. The smallest absolute Gasteiger partial charge is 0.272 e. The Morgan fingerprint density at radius 2 is 2.04 bits per heavy atom. The van der Waals surface area contributed by atoms with E-state index >= 15 is 0 Å². The summed E-state index contributed by atoms with van der Waals surface area (Å²) in [5, 5.41) is 9.10. The Kier molecular flexibility index (Phi) is 4.82. The van der Waals surface area contributed by atoms with Crippen LogP contribution in [0.4, 0.5) is 5.13 Å². The molecule has 1 aliphatic heterocycles. The molecule has 8 heteroatoms.